The second-order valence-electron chi connectivity index (χ2n) is 7.41. The van der Waals surface area contributed by atoms with Crippen molar-refractivity contribution in [1.29, 1.82) is 0 Å². The number of carbonyl (C=O) groups excluding carboxylic acids is 1. The van der Waals surface area contributed by atoms with Gasteiger partial charge in [0.2, 0.25) is 5.43 Å². The third kappa shape index (κ3) is 3.11. The van der Waals surface area contributed by atoms with Crippen LogP contribution in [-0.4, -0.2) is 11.1 Å². The summed E-state index contributed by atoms with van der Waals surface area (Å²) in [6.07, 6.45) is 0.955. The van der Waals surface area contributed by atoms with Crippen molar-refractivity contribution >= 4 is 16.9 Å². The van der Waals surface area contributed by atoms with Gasteiger partial charge in [0.25, 0.3) is 0 Å². The summed E-state index contributed by atoms with van der Waals surface area (Å²) in [6.45, 7) is 0. The largest absolute Gasteiger partial charge is 0.508 e. The van der Waals surface area contributed by atoms with Crippen LogP contribution in [0.1, 0.15) is 23.5 Å². The summed E-state index contributed by atoms with van der Waals surface area (Å²) >= 11 is 0. The van der Waals surface area contributed by atoms with Gasteiger partial charge in [-0.3, -0.25) is 9.59 Å². The van der Waals surface area contributed by atoms with Gasteiger partial charge >= 0.3 is 5.97 Å². The summed E-state index contributed by atoms with van der Waals surface area (Å²) in [6, 6.07) is 10.4. The number of carbonyl (C=O) groups is 1. The first-order valence-electron chi connectivity index (χ1n) is 9.56. The molecule has 0 bridgehead atoms. The maximum absolute atomic E-state index is 13.9. The molecule has 0 saturated heterocycles. The van der Waals surface area contributed by atoms with Crippen LogP contribution >= 0.6 is 0 Å². The minimum Gasteiger partial charge on any atom is -0.508 e. The number of esters is 1. The molecule has 4 aromatic rings. The van der Waals surface area contributed by atoms with Crippen LogP contribution in [0.5, 0.6) is 11.5 Å². The minimum absolute atomic E-state index is 0.0112. The lowest BCUT2D eigenvalue weighted by Crippen LogP contribution is -2.22. The molecule has 2 heterocycles. The van der Waals surface area contributed by atoms with Crippen LogP contribution in [0.15, 0.2) is 64.0 Å². The van der Waals surface area contributed by atoms with Crippen LogP contribution in [-0.2, 0) is 4.79 Å². The molecule has 1 atom stereocenters. The molecule has 0 saturated carbocycles. The van der Waals surface area contributed by atoms with E-state index in [2.05, 4.69) is 0 Å². The number of hydrogen-bond acceptors (Lipinski definition) is 5. The molecule has 160 valence electrons. The van der Waals surface area contributed by atoms with Crippen molar-refractivity contribution in [2.45, 2.75) is 12.3 Å². The lowest BCUT2D eigenvalue weighted by molar-refractivity contribution is -0.135. The number of rotatable bonds is 2. The smallest absolute Gasteiger partial charge is 0.312 e. The van der Waals surface area contributed by atoms with Crippen molar-refractivity contribution in [2.24, 2.45) is 0 Å². The molecule has 5 rings (SSSR count). The van der Waals surface area contributed by atoms with Gasteiger partial charge in [0.05, 0.1) is 17.4 Å². The highest BCUT2D eigenvalue weighted by Crippen LogP contribution is 2.43. The number of halogens is 3. The maximum atomic E-state index is 13.9. The van der Waals surface area contributed by atoms with Gasteiger partial charge in [0, 0.05) is 11.5 Å². The Labute approximate surface area is 178 Å². The fourth-order valence-electron chi connectivity index (χ4n) is 3.96. The average molecular weight is 438 g/mol. The number of hydrogen-bond donors (Lipinski definition) is 1. The van der Waals surface area contributed by atoms with Crippen LogP contribution in [0.3, 0.4) is 0 Å². The Morgan fingerprint density at radius 2 is 1.62 bits per heavy atom. The highest BCUT2D eigenvalue weighted by molar-refractivity contribution is 5.90. The first kappa shape index (κ1) is 19.9. The number of phenolic OH excluding ortho intramolecular Hbond substituents is 1. The van der Waals surface area contributed by atoms with Crippen molar-refractivity contribution in [1.82, 2.24) is 0 Å². The van der Waals surface area contributed by atoms with Crippen LogP contribution in [0.25, 0.3) is 22.1 Å². The molecule has 8 heteroatoms. The molecule has 0 radical (unpaired) electrons. The van der Waals surface area contributed by atoms with Crippen LogP contribution < -0.4 is 10.2 Å². The van der Waals surface area contributed by atoms with Gasteiger partial charge in [-0.1, -0.05) is 12.1 Å². The molecular formula is C24H13F3O5. The van der Waals surface area contributed by atoms with E-state index in [0.29, 0.717) is 5.56 Å². The molecular weight excluding hydrogens is 425 g/mol. The van der Waals surface area contributed by atoms with Gasteiger partial charge in [-0.25, -0.2) is 13.2 Å². The Kier molecular flexibility index (Phi) is 4.51. The van der Waals surface area contributed by atoms with E-state index in [4.69, 9.17) is 9.15 Å². The number of ether oxygens (including phenoxy) is 1. The topological polar surface area (TPSA) is 76.7 Å². The minimum atomic E-state index is -1.62. The Bertz CT molecular complexity index is 1430. The van der Waals surface area contributed by atoms with Crippen LogP contribution in [0.4, 0.5) is 13.2 Å². The van der Waals surface area contributed by atoms with Gasteiger partial charge in [-0.2, -0.15) is 0 Å². The molecule has 1 aliphatic rings. The Hall–Kier alpha value is -4.07. The molecule has 0 aliphatic carbocycles. The summed E-state index contributed by atoms with van der Waals surface area (Å²) in [5, 5.41) is 9.64. The lowest BCUT2D eigenvalue weighted by atomic mass is 9.85. The highest BCUT2D eigenvalue weighted by Gasteiger charge is 2.33. The van der Waals surface area contributed by atoms with Gasteiger partial charge in [-0.05, 0) is 47.5 Å². The average Bonchev–Trinajstić information content (AvgIpc) is 2.77. The Morgan fingerprint density at radius 1 is 0.938 bits per heavy atom. The van der Waals surface area contributed by atoms with Gasteiger partial charge in [0.1, 0.15) is 23.3 Å². The predicted molar refractivity (Wildman–Crippen MR) is 108 cm³/mol. The van der Waals surface area contributed by atoms with Crippen molar-refractivity contribution in [3.8, 4) is 22.6 Å². The second kappa shape index (κ2) is 7.26. The first-order chi connectivity index (χ1) is 15.3. The van der Waals surface area contributed by atoms with Crippen molar-refractivity contribution < 1.29 is 32.2 Å². The quantitative estimate of drug-likeness (QED) is 0.270. The summed E-state index contributed by atoms with van der Waals surface area (Å²) < 4.78 is 52.3. The van der Waals surface area contributed by atoms with Crippen LogP contribution in [0.2, 0.25) is 0 Å². The van der Waals surface area contributed by atoms with E-state index in [0.717, 1.165) is 12.1 Å². The molecule has 0 spiro atoms. The molecule has 1 unspecified atom stereocenters. The third-order valence-corrected chi connectivity index (χ3v) is 5.47. The first-order valence-corrected chi connectivity index (χ1v) is 9.56. The number of benzene rings is 3. The summed E-state index contributed by atoms with van der Waals surface area (Å²) in [4.78, 5) is 25.3. The van der Waals surface area contributed by atoms with E-state index in [1.165, 1.54) is 30.5 Å². The van der Waals surface area contributed by atoms with E-state index in [1.807, 2.05) is 0 Å². The second-order valence-corrected chi connectivity index (χ2v) is 7.41. The zero-order valence-electron chi connectivity index (χ0n) is 16.2. The molecule has 5 nitrogen and oxygen atoms in total. The molecule has 3 aromatic carbocycles. The van der Waals surface area contributed by atoms with Crippen molar-refractivity contribution in [3.63, 3.8) is 0 Å². The fourth-order valence-corrected chi connectivity index (χ4v) is 3.96. The SMILES string of the molecule is O=C1CC(c2cc(F)c(F)c(F)c2)c2c(ccc3c(=O)c(-c4ccc(O)cc4)coc23)O1. The van der Waals surface area contributed by atoms with Gasteiger partial charge in [-0.15, -0.1) is 0 Å². The Balaban J connectivity index is 1.74. The summed E-state index contributed by atoms with van der Waals surface area (Å²) in [5.41, 5.74) is 0.742. The molecule has 0 amide bonds. The predicted octanol–water partition coefficient (Wildman–Crippen LogP) is 5.02. The van der Waals surface area contributed by atoms with E-state index in [9.17, 15) is 27.9 Å². The monoisotopic (exact) mass is 438 g/mol. The highest BCUT2D eigenvalue weighted by atomic mass is 19.2. The molecule has 1 aliphatic heterocycles. The number of fused-ring (bicyclic) bond motifs is 3. The molecule has 32 heavy (non-hydrogen) atoms. The summed E-state index contributed by atoms with van der Waals surface area (Å²) in [7, 11) is 0. The van der Waals surface area contributed by atoms with Crippen LogP contribution in [0, 0.1) is 17.5 Å². The Morgan fingerprint density at radius 3 is 2.31 bits per heavy atom. The van der Waals surface area contributed by atoms with E-state index in [1.54, 1.807) is 12.1 Å². The standard InChI is InChI=1S/C24H13F3O5/c25-17-7-12(8-18(26)22(17)27)15-9-20(29)32-19-6-5-14-23(30)16(10-31-24(14)21(15)19)11-1-3-13(28)4-2-11/h1-8,10,15,28H,9H2. The van der Waals surface area contributed by atoms with Gasteiger partial charge < -0.3 is 14.3 Å². The van der Waals surface area contributed by atoms with E-state index < -0.39 is 29.3 Å². The van der Waals surface area contributed by atoms with Crippen molar-refractivity contribution in [3.05, 3.63) is 93.6 Å². The van der Waals surface area contributed by atoms with Crippen molar-refractivity contribution in [2.75, 3.05) is 0 Å². The number of phenols is 1. The van der Waals surface area contributed by atoms with Gasteiger partial charge in [0.15, 0.2) is 17.5 Å². The number of aromatic hydroxyl groups is 1. The zero-order valence-corrected chi connectivity index (χ0v) is 16.2. The fraction of sp³-hybridized carbons (Fsp3) is 0.0833. The van der Waals surface area contributed by atoms with E-state index in [-0.39, 0.29) is 51.0 Å². The molecule has 0 fully saturated rings. The lowest BCUT2D eigenvalue weighted by Gasteiger charge is -2.25. The molecule has 1 N–H and O–H groups in total. The zero-order chi connectivity index (χ0) is 22.6. The molecule has 1 aromatic heterocycles. The third-order valence-electron chi connectivity index (χ3n) is 5.47. The summed E-state index contributed by atoms with van der Waals surface area (Å²) in [5.74, 6) is -5.83. The maximum Gasteiger partial charge on any atom is 0.312 e. The van der Waals surface area contributed by atoms with E-state index >= 15 is 0 Å². The normalized spacial score (nSPS) is 15.5.